The van der Waals surface area contributed by atoms with E-state index in [1.54, 1.807) is 12.1 Å². The first-order valence-electron chi connectivity index (χ1n) is 7.39. The number of benzene rings is 1. The topological polar surface area (TPSA) is 59.5 Å². The molecule has 0 amide bonds. The van der Waals surface area contributed by atoms with Gasteiger partial charge >= 0.3 is 0 Å². The van der Waals surface area contributed by atoms with Crippen LogP contribution in [0, 0.1) is 10.1 Å². The molecule has 0 atom stereocenters. The van der Waals surface area contributed by atoms with Crippen LogP contribution in [0.1, 0.15) is 25.0 Å². The number of hydrogen-bond donors (Lipinski definition) is 0. The second kappa shape index (κ2) is 6.68. The lowest BCUT2D eigenvalue weighted by Crippen LogP contribution is -2.34. The Labute approximate surface area is 144 Å². The Hall–Kier alpha value is -1.92. The van der Waals surface area contributed by atoms with Crippen molar-refractivity contribution >= 4 is 34.5 Å². The number of furan rings is 1. The first-order chi connectivity index (χ1) is 11.1. The molecule has 0 aliphatic carbocycles. The molecule has 120 valence electrons. The Morgan fingerprint density at radius 1 is 1.22 bits per heavy atom. The fraction of sp³-hybridized carbons (Fsp3) is 0.312. The summed E-state index contributed by atoms with van der Waals surface area (Å²) in [4.78, 5) is 13.3. The smallest absolute Gasteiger partial charge is 0.288 e. The number of rotatable bonds is 3. The third kappa shape index (κ3) is 3.38. The van der Waals surface area contributed by atoms with Crippen LogP contribution < -0.4 is 0 Å². The highest BCUT2D eigenvalue weighted by atomic mass is 35.5. The van der Waals surface area contributed by atoms with E-state index in [4.69, 9.17) is 28.2 Å². The van der Waals surface area contributed by atoms with Gasteiger partial charge in [-0.15, -0.1) is 0 Å². The van der Waals surface area contributed by atoms with Crippen LogP contribution in [0.25, 0.3) is 11.3 Å². The van der Waals surface area contributed by atoms with Crippen molar-refractivity contribution < 1.29 is 9.34 Å². The van der Waals surface area contributed by atoms with E-state index in [0.717, 1.165) is 25.9 Å². The van der Waals surface area contributed by atoms with Gasteiger partial charge in [-0.3, -0.25) is 10.1 Å². The van der Waals surface area contributed by atoms with Crippen LogP contribution in [-0.4, -0.2) is 27.9 Å². The lowest BCUT2D eigenvalue weighted by atomic mass is 10.1. The molecule has 0 saturated carbocycles. The van der Waals surface area contributed by atoms with E-state index in [1.165, 1.54) is 18.6 Å². The maximum Gasteiger partial charge on any atom is 0.288 e. The number of thiocarbonyl (C=S) groups is 1. The number of likely N-dealkylation sites (tertiary alicyclic amines) is 1. The van der Waals surface area contributed by atoms with E-state index < -0.39 is 4.92 Å². The number of piperidine rings is 1. The number of halogens is 1. The van der Waals surface area contributed by atoms with Crippen molar-refractivity contribution in [3.8, 4) is 11.3 Å². The molecular weight excluding hydrogens is 336 g/mol. The largest absolute Gasteiger partial charge is 0.454 e. The van der Waals surface area contributed by atoms with Crippen molar-refractivity contribution in [1.29, 1.82) is 0 Å². The fourth-order valence-corrected chi connectivity index (χ4v) is 3.15. The van der Waals surface area contributed by atoms with Crippen LogP contribution in [0.3, 0.4) is 0 Å². The standard InChI is InChI=1S/C16H15ClN2O3S/c17-12-5-4-11(10-13(12)19(20)21)14-6-7-15(22-14)16(23)18-8-2-1-3-9-18/h4-7,10H,1-3,8-9H2. The molecule has 1 fully saturated rings. The van der Waals surface area contributed by atoms with Crippen molar-refractivity contribution in [2.24, 2.45) is 0 Å². The maximum atomic E-state index is 11.0. The molecule has 0 spiro atoms. The first-order valence-corrected chi connectivity index (χ1v) is 8.18. The lowest BCUT2D eigenvalue weighted by molar-refractivity contribution is -0.384. The summed E-state index contributed by atoms with van der Waals surface area (Å²) in [6.45, 7) is 1.89. The predicted molar refractivity (Wildman–Crippen MR) is 92.9 cm³/mol. The van der Waals surface area contributed by atoms with Gasteiger partial charge in [0, 0.05) is 24.7 Å². The van der Waals surface area contributed by atoms with Crippen molar-refractivity contribution in [3.63, 3.8) is 0 Å². The summed E-state index contributed by atoms with van der Waals surface area (Å²) >= 11 is 11.3. The Balaban J connectivity index is 1.85. The van der Waals surface area contributed by atoms with Gasteiger partial charge in [-0.05, 0) is 43.5 Å². The average Bonchev–Trinajstić information content (AvgIpc) is 3.05. The molecule has 23 heavy (non-hydrogen) atoms. The summed E-state index contributed by atoms with van der Waals surface area (Å²) in [5.41, 5.74) is 0.467. The molecule has 1 aromatic carbocycles. The number of nitrogens with zero attached hydrogens (tertiary/aromatic N) is 2. The molecular formula is C16H15ClN2O3S. The highest BCUT2D eigenvalue weighted by Gasteiger charge is 2.19. The van der Waals surface area contributed by atoms with Crippen molar-refractivity contribution in [3.05, 3.63) is 51.2 Å². The van der Waals surface area contributed by atoms with Gasteiger partial charge in [0.25, 0.3) is 5.69 Å². The zero-order valence-electron chi connectivity index (χ0n) is 12.3. The quantitative estimate of drug-likeness (QED) is 0.457. The summed E-state index contributed by atoms with van der Waals surface area (Å²) in [6.07, 6.45) is 3.51. The molecule has 0 N–H and O–H groups in total. The van der Waals surface area contributed by atoms with Gasteiger partial charge in [-0.2, -0.15) is 0 Å². The summed E-state index contributed by atoms with van der Waals surface area (Å²) in [6, 6.07) is 8.20. The molecule has 5 nitrogen and oxygen atoms in total. The van der Waals surface area contributed by atoms with Crippen LogP contribution in [0.4, 0.5) is 5.69 Å². The minimum atomic E-state index is -0.506. The summed E-state index contributed by atoms with van der Waals surface area (Å²) in [5, 5.41) is 11.1. The summed E-state index contributed by atoms with van der Waals surface area (Å²) in [7, 11) is 0. The molecule has 1 aliphatic rings. The van der Waals surface area contributed by atoms with Crippen LogP contribution in [0.15, 0.2) is 34.7 Å². The Morgan fingerprint density at radius 2 is 1.96 bits per heavy atom. The molecule has 7 heteroatoms. The van der Waals surface area contributed by atoms with Crippen molar-refractivity contribution in [2.75, 3.05) is 13.1 Å². The van der Waals surface area contributed by atoms with Crippen LogP contribution in [0.2, 0.25) is 5.02 Å². The monoisotopic (exact) mass is 350 g/mol. The van der Waals surface area contributed by atoms with Gasteiger partial charge in [0.2, 0.25) is 0 Å². The zero-order chi connectivity index (χ0) is 16.4. The predicted octanol–water partition coefficient (Wildman–Crippen LogP) is 4.67. The van der Waals surface area contributed by atoms with Crippen molar-refractivity contribution in [1.82, 2.24) is 4.90 Å². The molecule has 1 aliphatic heterocycles. The van der Waals surface area contributed by atoms with Gasteiger partial charge in [0.1, 0.15) is 15.8 Å². The minimum absolute atomic E-state index is 0.106. The van der Waals surface area contributed by atoms with E-state index in [0.29, 0.717) is 22.1 Å². The highest BCUT2D eigenvalue weighted by molar-refractivity contribution is 7.80. The molecule has 2 aromatic rings. The first kappa shape index (κ1) is 16.0. The normalized spacial score (nSPS) is 14.7. The highest BCUT2D eigenvalue weighted by Crippen LogP contribution is 2.31. The van der Waals surface area contributed by atoms with Gasteiger partial charge < -0.3 is 9.32 Å². The van der Waals surface area contributed by atoms with E-state index in [2.05, 4.69) is 4.90 Å². The third-order valence-corrected chi connectivity index (χ3v) is 4.67. The van der Waals surface area contributed by atoms with E-state index in [-0.39, 0.29) is 10.7 Å². The molecule has 1 aromatic heterocycles. The summed E-state index contributed by atoms with van der Waals surface area (Å²) in [5.74, 6) is 1.16. The van der Waals surface area contributed by atoms with Crippen LogP contribution in [-0.2, 0) is 0 Å². The van der Waals surface area contributed by atoms with Gasteiger partial charge in [0.15, 0.2) is 5.76 Å². The van der Waals surface area contributed by atoms with Gasteiger partial charge in [0.05, 0.1) is 4.92 Å². The second-order valence-corrected chi connectivity index (χ2v) is 6.23. The minimum Gasteiger partial charge on any atom is -0.454 e. The van der Waals surface area contributed by atoms with E-state index >= 15 is 0 Å². The molecule has 0 radical (unpaired) electrons. The molecule has 0 unspecified atom stereocenters. The third-order valence-electron chi connectivity index (χ3n) is 3.89. The maximum absolute atomic E-state index is 11.0. The SMILES string of the molecule is O=[N+]([O-])c1cc(-c2ccc(C(=S)N3CCCCC3)o2)ccc1Cl. The summed E-state index contributed by atoms with van der Waals surface area (Å²) < 4.78 is 5.81. The zero-order valence-corrected chi connectivity index (χ0v) is 13.9. The molecule has 1 saturated heterocycles. The lowest BCUT2D eigenvalue weighted by Gasteiger charge is -2.27. The fourth-order valence-electron chi connectivity index (χ4n) is 2.67. The van der Waals surface area contributed by atoms with Crippen molar-refractivity contribution in [2.45, 2.75) is 19.3 Å². The number of hydrogen-bond acceptors (Lipinski definition) is 4. The molecule has 0 bridgehead atoms. The number of nitro groups is 1. The van der Waals surface area contributed by atoms with Crippen LogP contribution >= 0.6 is 23.8 Å². The Kier molecular flexibility index (Phi) is 4.63. The average molecular weight is 351 g/mol. The van der Waals surface area contributed by atoms with Crippen LogP contribution in [0.5, 0.6) is 0 Å². The van der Waals surface area contributed by atoms with Gasteiger partial charge in [-0.1, -0.05) is 23.8 Å². The van der Waals surface area contributed by atoms with E-state index in [1.807, 2.05) is 6.07 Å². The second-order valence-electron chi connectivity index (χ2n) is 5.44. The Morgan fingerprint density at radius 3 is 2.65 bits per heavy atom. The molecule has 3 rings (SSSR count). The van der Waals surface area contributed by atoms with E-state index in [9.17, 15) is 10.1 Å². The molecule has 2 heterocycles. The van der Waals surface area contributed by atoms with Gasteiger partial charge in [-0.25, -0.2) is 0 Å². The Bertz CT molecular complexity index is 754. The number of nitro benzene ring substituents is 1.